The summed E-state index contributed by atoms with van der Waals surface area (Å²) in [4.78, 5) is 10.2. The minimum absolute atomic E-state index is 0.147. The van der Waals surface area contributed by atoms with Crippen molar-refractivity contribution in [3.63, 3.8) is 0 Å². The van der Waals surface area contributed by atoms with Crippen LogP contribution in [0.25, 0.3) is 0 Å². The molecule has 0 aliphatic rings. The van der Waals surface area contributed by atoms with Crippen molar-refractivity contribution in [3.05, 3.63) is 34.3 Å². The van der Waals surface area contributed by atoms with E-state index in [0.717, 1.165) is 11.1 Å². The Balaban J connectivity index is 2.84. The Kier molecular flexibility index (Phi) is 3.55. The van der Waals surface area contributed by atoms with E-state index in [2.05, 4.69) is 11.8 Å². The Hall–Kier alpha value is -1.46. The zero-order valence-corrected chi connectivity index (χ0v) is 8.43. The molecule has 1 rings (SSSR count). The molecule has 3 heteroatoms. The lowest BCUT2D eigenvalue weighted by molar-refractivity contribution is -0.135. The van der Waals surface area contributed by atoms with Gasteiger partial charge in [-0.15, -0.1) is 0 Å². The third-order valence-corrected chi connectivity index (χ3v) is 1.73. The highest BCUT2D eigenvalue weighted by molar-refractivity contribution is 6.30. The fraction of sp³-hybridized carbons (Fsp3) is 0.182. The molecule has 0 bridgehead atoms. The SMILES string of the molecule is Cc1cc(Cl)cc(C#CCC(=O)O)c1. The van der Waals surface area contributed by atoms with Gasteiger partial charge in [0.05, 0.1) is 0 Å². The third-order valence-electron chi connectivity index (χ3n) is 1.51. The summed E-state index contributed by atoms with van der Waals surface area (Å²) in [5.74, 6) is 4.37. The zero-order valence-electron chi connectivity index (χ0n) is 7.67. The van der Waals surface area contributed by atoms with E-state index >= 15 is 0 Å². The Morgan fingerprint density at radius 1 is 1.50 bits per heavy atom. The van der Waals surface area contributed by atoms with E-state index in [0.29, 0.717) is 5.02 Å². The van der Waals surface area contributed by atoms with Crippen molar-refractivity contribution in [1.29, 1.82) is 0 Å². The van der Waals surface area contributed by atoms with Gasteiger partial charge in [0.25, 0.3) is 0 Å². The molecule has 0 saturated heterocycles. The first-order valence-electron chi connectivity index (χ1n) is 4.06. The van der Waals surface area contributed by atoms with Gasteiger partial charge in [-0.1, -0.05) is 23.4 Å². The first kappa shape index (κ1) is 10.6. The molecule has 0 amide bonds. The van der Waals surface area contributed by atoms with Crippen molar-refractivity contribution >= 4 is 17.6 Å². The molecule has 0 atom stereocenters. The maximum Gasteiger partial charge on any atom is 0.315 e. The maximum atomic E-state index is 10.2. The highest BCUT2D eigenvalue weighted by Crippen LogP contribution is 2.13. The summed E-state index contributed by atoms with van der Waals surface area (Å²) < 4.78 is 0. The van der Waals surface area contributed by atoms with Crippen molar-refractivity contribution < 1.29 is 9.90 Å². The fourth-order valence-electron chi connectivity index (χ4n) is 1.03. The average molecular weight is 209 g/mol. The summed E-state index contributed by atoms with van der Waals surface area (Å²) in [7, 11) is 0. The number of hydrogen-bond acceptors (Lipinski definition) is 1. The Labute approximate surface area is 87.5 Å². The van der Waals surface area contributed by atoms with Crippen LogP contribution in [0.2, 0.25) is 5.02 Å². The first-order chi connectivity index (χ1) is 6.58. The van der Waals surface area contributed by atoms with Crippen molar-refractivity contribution in [1.82, 2.24) is 0 Å². The van der Waals surface area contributed by atoms with Crippen LogP contribution in [-0.4, -0.2) is 11.1 Å². The van der Waals surface area contributed by atoms with Gasteiger partial charge in [0.15, 0.2) is 0 Å². The summed E-state index contributed by atoms with van der Waals surface area (Å²) in [5.41, 5.74) is 1.76. The van der Waals surface area contributed by atoms with Crippen LogP contribution in [0.4, 0.5) is 0 Å². The van der Waals surface area contributed by atoms with E-state index in [1.165, 1.54) is 0 Å². The molecule has 72 valence electrons. The topological polar surface area (TPSA) is 37.3 Å². The van der Waals surface area contributed by atoms with Gasteiger partial charge >= 0.3 is 5.97 Å². The van der Waals surface area contributed by atoms with Crippen molar-refractivity contribution in [3.8, 4) is 11.8 Å². The Morgan fingerprint density at radius 2 is 2.21 bits per heavy atom. The van der Waals surface area contributed by atoms with Crippen LogP contribution in [0.1, 0.15) is 17.5 Å². The number of benzene rings is 1. The van der Waals surface area contributed by atoms with Crippen molar-refractivity contribution in [2.45, 2.75) is 13.3 Å². The van der Waals surface area contributed by atoms with Crippen molar-refractivity contribution in [2.24, 2.45) is 0 Å². The molecule has 0 aliphatic carbocycles. The average Bonchev–Trinajstić information content (AvgIpc) is 2.01. The number of hydrogen-bond donors (Lipinski definition) is 1. The van der Waals surface area contributed by atoms with E-state index in [4.69, 9.17) is 16.7 Å². The molecule has 0 fully saturated rings. The van der Waals surface area contributed by atoms with Gasteiger partial charge in [-0.05, 0) is 30.7 Å². The number of carboxylic acid groups (broad SMARTS) is 1. The highest BCUT2D eigenvalue weighted by atomic mass is 35.5. The van der Waals surface area contributed by atoms with Gasteiger partial charge in [0, 0.05) is 10.6 Å². The molecule has 0 aliphatic heterocycles. The second kappa shape index (κ2) is 4.69. The van der Waals surface area contributed by atoms with Gasteiger partial charge in [0.2, 0.25) is 0 Å². The lowest BCUT2D eigenvalue weighted by Gasteiger charge is -1.95. The van der Waals surface area contributed by atoms with Crippen LogP contribution in [0, 0.1) is 18.8 Å². The number of rotatable bonds is 1. The predicted octanol–water partition coefficient (Wildman–Crippen LogP) is 2.47. The van der Waals surface area contributed by atoms with Gasteiger partial charge in [-0.2, -0.15) is 0 Å². The molecule has 0 unspecified atom stereocenters. The summed E-state index contributed by atoms with van der Waals surface area (Å²) in [5, 5.41) is 8.99. The molecular weight excluding hydrogens is 200 g/mol. The van der Waals surface area contributed by atoms with E-state index < -0.39 is 5.97 Å². The summed E-state index contributed by atoms with van der Waals surface area (Å²) in [6.07, 6.45) is -0.147. The number of aryl methyl sites for hydroxylation is 1. The highest BCUT2D eigenvalue weighted by Gasteiger charge is 1.93. The number of carboxylic acids is 1. The number of carbonyl (C=O) groups is 1. The van der Waals surface area contributed by atoms with Crippen molar-refractivity contribution in [2.75, 3.05) is 0 Å². The van der Waals surface area contributed by atoms with Gasteiger partial charge < -0.3 is 5.11 Å². The standard InChI is InChI=1S/C11H9ClO2/c1-8-5-9(7-10(12)6-8)3-2-4-11(13)14/h5-7H,4H2,1H3,(H,13,14). The molecule has 0 radical (unpaired) electrons. The van der Waals surface area contributed by atoms with E-state index in [9.17, 15) is 4.79 Å². The predicted molar refractivity (Wildman–Crippen MR) is 55.3 cm³/mol. The minimum Gasteiger partial charge on any atom is -0.481 e. The normalized spacial score (nSPS) is 9.00. The molecule has 1 aromatic carbocycles. The van der Waals surface area contributed by atoms with Crippen LogP contribution in [0.5, 0.6) is 0 Å². The monoisotopic (exact) mass is 208 g/mol. The molecule has 0 aromatic heterocycles. The van der Waals surface area contributed by atoms with Crippen LogP contribution < -0.4 is 0 Å². The first-order valence-corrected chi connectivity index (χ1v) is 4.43. The molecular formula is C11H9ClO2. The number of halogens is 1. The second-order valence-corrected chi connectivity index (χ2v) is 3.33. The van der Waals surface area contributed by atoms with Crippen LogP contribution >= 0.6 is 11.6 Å². The smallest absolute Gasteiger partial charge is 0.315 e. The molecule has 1 aromatic rings. The molecule has 1 N–H and O–H groups in total. The molecule has 2 nitrogen and oxygen atoms in total. The summed E-state index contributed by atoms with van der Waals surface area (Å²) in [6, 6.07) is 5.40. The Morgan fingerprint density at radius 3 is 2.79 bits per heavy atom. The van der Waals surface area contributed by atoms with E-state index in [1.54, 1.807) is 6.07 Å². The maximum absolute atomic E-state index is 10.2. The quantitative estimate of drug-likeness (QED) is 0.720. The second-order valence-electron chi connectivity index (χ2n) is 2.89. The van der Waals surface area contributed by atoms with Gasteiger partial charge in [-0.25, -0.2) is 0 Å². The third kappa shape index (κ3) is 3.51. The number of aliphatic carboxylic acids is 1. The Bertz CT molecular complexity index is 393. The molecule has 14 heavy (non-hydrogen) atoms. The molecule has 0 saturated carbocycles. The fourth-order valence-corrected chi connectivity index (χ4v) is 1.32. The van der Waals surface area contributed by atoms with Crippen LogP contribution in [0.15, 0.2) is 18.2 Å². The van der Waals surface area contributed by atoms with Crippen LogP contribution in [0.3, 0.4) is 0 Å². The van der Waals surface area contributed by atoms with Gasteiger partial charge in [-0.3, -0.25) is 4.79 Å². The molecule has 0 spiro atoms. The van der Waals surface area contributed by atoms with Crippen LogP contribution in [-0.2, 0) is 4.79 Å². The van der Waals surface area contributed by atoms with E-state index in [1.807, 2.05) is 19.1 Å². The van der Waals surface area contributed by atoms with Gasteiger partial charge in [0.1, 0.15) is 6.42 Å². The lowest BCUT2D eigenvalue weighted by Crippen LogP contribution is -1.90. The molecule has 0 heterocycles. The lowest BCUT2D eigenvalue weighted by atomic mass is 10.1. The largest absolute Gasteiger partial charge is 0.481 e. The zero-order chi connectivity index (χ0) is 10.6. The van der Waals surface area contributed by atoms with E-state index in [-0.39, 0.29) is 6.42 Å². The summed E-state index contributed by atoms with van der Waals surface area (Å²) >= 11 is 5.81. The summed E-state index contributed by atoms with van der Waals surface area (Å²) in [6.45, 7) is 1.91. The minimum atomic E-state index is -0.920.